The van der Waals surface area contributed by atoms with Crippen molar-refractivity contribution in [3.8, 4) is 0 Å². The number of aryl methyl sites for hydroxylation is 1. The number of benzene rings is 1. The Morgan fingerprint density at radius 2 is 1.83 bits per heavy atom. The zero-order valence-electron chi connectivity index (χ0n) is 16.7. The van der Waals surface area contributed by atoms with E-state index in [2.05, 4.69) is 0 Å². The lowest BCUT2D eigenvalue weighted by molar-refractivity contribution is -0.143. The molecule has 0 radical (unpaired) electrons. The second kappa shape index (κ2) is 8.23. The Morgan fingerprint density at radius 3 is 2.48 bits per heavy atom. The lowest BCUT2D eigenvalue weighted by Gasteiger charge is -2.32. The summed E-state index contributed by atoms with van der Waals surface area (Å²) >= 11 is 0. The predicted octanol–water partition coefficient (Wildman–Crippen LogP) is 3.83. The highest BCUT2D eigenvalue weighted by atomic mass is 16.3. The van der Waals surface area contributed by atoms with Gasteiger partial charge in [0.05, 0.1) is 24.9 Å². The van der Waals surface area contributed by atoms with Gasteiger partial charge in [-0.2, -0.15) is 0 Å². The van der Waals surface area contributed by atoms with Gasteiger partial charge < -0.3 is 9.32 Å². The number of imide groups is 1. The Hall–Kier alpha value is -2.89. The van der Waals surface area contributed by atoms with E-state index in [9.17, 15) is 14.4 Å². The Balaban J connectivity index is 1.61. The summed E-state index contributed by atoms with van der Waals surface area (Å²) in [5.74, 6) is -0.129. The van der Waals surface area contributed by atoms with E-state index in [1.807, 2.05) is 19.1 Å². The van der Waals surface area contributed by atoms with Crippen LogP contribution in [0.25, 0.3) is 0 Å². The molecule has 1 atom stereocenters. The first-order valence-electron chi connectivity index (χ1n) is 10.3. The maximum atomic E-state index is 13.4. The van der Waals surface area contributed by atoms with Gasteiger partial charge in [0.1, 0.15) is 11.8 Å². The molecule has 2 fully saturated rings. The summed E-state index contributed by atoms with van der Waals surface area (Å²) in [7, 11) is 0. The third kappa shape index (κ3) is 3.97. The normalized spacial score (nSPS) is 20.3. The van der Waals surface area contributed by atoms with Crippen LogP contribution >= 0.6 is 0 Å². The molecule has 1 aliphatic heterocycles. The average molecular weight is 394 g/mol. The van der Waals surface area contributed by atoms with Crippen molar-refractivity contribution in [2.24, 2.45) is 5.92 Å². The van der Waals surface area contributed by atoms with Crippen LogP contribution in [0.1, 0.15) is 49.8 Å². The number of amides is 3. The second-order valence-corrected chi connectivity index (χ2v) is 8.00. The van der Waals surface area contributed by atoms with Crippen LogP contribution in [0.4, 0.5) is 5.69 Å². The zero-order valence-corrected chi connectivity index (χ0v) is 16.7. The Morgan fingerprint density at radius 1 is 1.10 bits per heavy atom. The molecule has 0 bridgehead atoms. The summed E-state index contributed by atoms with van der Waals surface area (Å²) in [5.41, 5.74) is 1.60. The molecule has 1 saturated heterocycles. The number of carbonyl (C=O) groups is 3. The number of rotatable bonds is 5. The van der Waals surface area contributed by atoms with Crippen molar-refractivity contribution < 1.29 is 18.8 Å². The summed E-state index contributed by atoms with van der Waals surface area (Å²) in [6.45, 7) is 2.15. The SMILES string of the molecule is Cc1ccc(N2C(=O)CC(N(Cc3ccco3)C(=O)C3CCCCC3)C2=O)cc1. The largest absolute Gasteiger partial charge is 0.467 e. The Kier molecular flexibility index (Phi) is 5.51. The van der Waals surface area contributed by atoms with Crippen LogP contribution in [0.3, 0.4) is 0 Å². The molecule has 0 spiro atoms. The number of anilines is 1. The molecule has 6 nitrogen and oxygen atoms in total. The van der Waals surface area contributed by atoms with Crippen LogP contribution < -0.4 is 4.90 Å². The fraction of sp³-hybridized carbons (Fsp3) is 0.435. The number of hydrogen-bond donors (Lipinski definition) is 0. The monoisotopic (exact) mass is 394 g/mol. The summed E-state index contributed by atoms with van der Waals surface area (Å²) in [5, 5.41) is 0. The minimum atomic E-state index is -0.789. The van der Waals surface area contributed by atoms with Crippen LogP contribution in [0.5, 0.6) is 0 Å². The molecule has 0 N–H and O–H groups in total. The molecule has 1 aliphatic carbocycles. The first-order chi connectivity index (χ1) is 14.0. The number of carbonyl (C=O) groups excluding carboxylic acids is 3. The summed E-state index contributed by atoms with van der Waals surface area (Å²) in [6, 6.07) is 10.1. The van der Waals surface area contributed by atoms with Crippen molar-refractivity contribution in [1.29, 1.82) is 0 Å². The van der Waals surface area contributed by atoms with Crippen LogP contribution in [0.2, 0.25) is 0 Å². The van der Waals surface area contributed by atoms with E-state index in [1.54, 1.807) is 35.4 Å². The van der Waals surface area contributed by atoms with Crippen molar-refractivity contribution >= 4 is 23.4 Å². The van der Waals surface area contributed by atoms with E-state index in [0.717, 1.165) is 37.7 Å². The third-order valence-electron chi connectivity index (χ3n) is 5.93. The third-order valence-corrected chi connectivity index (χ3v) is 5.93. The van der Waals surface area contributed by atoms with E-state index in [-0.39, 0.29) is 36.6 Å². The highest BCUT2D eigenvalue weighted by molar-refractivity contribution is 6.23. The molecule has 6 heteroatoms. The fourth-order valence-electron chi connectivity index (χ4n) is 4.32. The second-order valence-electron chi connectivity index (χ2n) is 8.00. The van der Waals surface area contributed by atoms with Crippen molar-refractivity contribution in [1.82, 2.24) is 4.90 Å². The summed E-state index contributed by atoms with van der Waals surface area (Å²) < 4.78 is 5.44. The highest BCUT2D eigenvalue weighted by Crippen LogP contribution is 2.31. The molecule has 2 aromatic rings. The molecule has 152 valence electrons. The van der Waals surface area contributed by atoms with E-state index in [0.29, 0.717) is 11.4 Å². The summed E-state index contributed by atoms with van der Waals surface area (Å²) in [4.78, 5) is 42.1. The van der Waals surface area contributed by atoms with Crippen LogP contribution in [0, 0.1) is 12.8 Å². The molecule has 2 aliphatic rings. The summed E-state index contributed by atoms with van der Waals surface area (Å²) in [6.07, 6.45) is 6.43. The first kappa shape index (κ1) is 19.4. The molecule has 1 aromatic carbocycles. The van der Waals surface area contributed by atoms with Crippen LogP contribution in [-0.2, 0) is 20.9 Å². The van der Waals surface area contributed by atoms with E-state index >= 15 is 0 Å². The quantitative estimate of drug-likeness (QED) is 0.723. The number of furan rings is 1. The van der Waals surface area contributed by atoms with E-state index < -0.39 is 6.04 Å². The molecular formula is C23H26N2O4. The molecule has 1 saturated carbocycles. The van der Waals surface area contributed by atoms with Crippen molar-refractivity contribution in [3.05, 3.63) is 54.0 Å². The van der Waals surface area contributed by atoms with Crippen LogP contribution in [0.15, 0.2) is 47.1 Å². The Labute approximate surface area is 170 Å². The van der Waals surface area contributed by atoms with Gasteiger partial charge in [0, 0.05) is 5.92 Å². The maximum absolute atomic E-state index is 13.4. The van der Waals surface area contributed by atoms with Gasteiger partial charge in [0.25, 0.3) is 5.91 Å². The smallest absolute Gasteiger partial charge is 0.257 e. The average Bonchev–Trinajstić information content (AvgIpc) is 3.35. The van der Waals surface area contributed by atoms with Crippen molar-refractivity contribution in [3.63, 3.8) is 0 Å². The zero-order chi connectivity index (χ0) is 20.4. The van der Waals surface area contributed by atoms with Gasteiger partial charge in [-0.25, -0.2) is 4.90 Å². The van der Waals surface area contributed by atoms with Gasteiger partial charge in [-0.05, 0) is 44.0 Å². The topological polar surface area (TPSA) is 70.8 Å². The minimum Gasteiger partial charge on any atom is -0.467 e. The van der Waals surface area contributed by atoms with Crippen molar-refractivity contribution in [2.45, 2.75) is 58.0 Å². The molecule has 1 aromatic heterocycles. The van der Waals surface area contributed by atoms with Crippen molar-refractivity contribution in [2.75, 3.05) is 4.90 Å². The van der Waals surface area contributed by atoms with Gasteiger partial charge in [-0.3, -0.25) is 14.4 Å². The predicted molar refractivity (Wildman–Crippen MR) is 108 cm³/mol. The standard InChI is InChI=1S/C23H26N2O4/c1-16-9-11-18(12-10-16)25-21(26)14-20(23(25)28)24(15-19-8-5-13-29-19)22(27)17-6-3-2-4-7-17/h5,8-13,17,20H,2-4,6-7,14-15H2,1H3. The van der Waals surface area contributed by atoms with Gasteiger partial charge in [0.15, 0.2) is 0 Å². The van der Waals surface area contributed by atoms with Gasteiger partial charge in [-0.15, -0.1) is 0 Å². The minimum absolute atomic E-state index is 0.00583. The lowest BCUT2D eigenvalue weighted by atomic mass is 9.88. The molecule has 2 heterocycles. The molecule has 29 heavy (non-hydrogen) atoms. The first-order valence-corrected chi connectivity index (χ1v) is 10.3. The number of hydrogen-bond acceptors (Lipinski definition) is 4. The van der Waals surface area contributed by atoms with Gasteiger partial charge in [-0.1, -0.05) is 37.0 Å². The fourth-order valence-corrected chi connectivity index (χ4v) is 4.32. The van der Waals surface area contributed by atoms with Gasteiger partial charge in [0.2, 0.25) is 11.8 Å². The molecule has 3 amide bonds. The van der Waals surface area contributed by atoms with Crippen LogP contribution in [-0.4, -0.2) is 28.7 Å². The maximum Gasteiger partial charge on any atom is 0.257 e. The molecule has 1 unspecified atom stereocenters. The Bertz CT molecular complexity index is 882. The van der Waals surface area contributed by atoms with E-state index in [4.69, 9.17) is 4.42 Å². The lowest BCUT2D eigenvalue weighted by Crippen LogP contribution is -2.47. The highest BCUT2D eigenvalue weighted by Gasteiger charge is 2.45. The number of nitrogens with zero attached hydrogens (tertiary/aromatic N) is 2. The van der Waals surface area contributed by atoms with Gasteiger partial charge >= 0.3 is 0 Å². The molecule has 4 rings (SSSR count). The van der Waals surface area contributed by atoms with E-state index in [1.165, 1.54) is 4.90 Å². The molecular weight excluding hydrogens is 368 g/mol.